The van der Waals surface area contributed by atoms with Crippen LogP contribution in [-0.2, 0) is 33.8 Å². The fourth-order valence-electron chi connectivity index (χ4n) is 3.15. The van der Waals surface area contributed by atoms with Crippen LogP contribution in [0, 0.1) is 0 Å². The molecule has 2 aromatic rings. The van der Waals surface area contributed by atoms with E-state index in [1.54, 1.807) is 12.0 Å². The fourth-order valence-corrected chi connectivity index (χ4v) is 3.15. The Morgan fingerprint density at radius 1 is 1.11 bits per heavy atom. The first-order chi connectivity index (χ1) is 13.6. The lowest BCUT2D eigenvalue weighted by Gasteiger charge is -2.34. The van der Waals surface area contributed by atoms with Gasteiger partial charge in [-0.25, -0.2) is 0 Å². The zero-order chi connectivity index (χ0) is 19.9. The van der Waals surface area contributed by atoms with E-state index in [9.17, 15) is 9.59 Å². The van der Waals surface area contributed by atoms with Gasteiger partial charge >= 0.3 is 0 Å². The van der Waals surface area contributed by atoms with E-state index < -0.39 is 6.04 Å². The highest BCUT2D eigenvalue weighted by Gasteiger charge is 2.33. The van der Waals surface area contributed by atoms with Crippen molar-refractivity contribution in [2.45, 2.75) is 32.5 Å². The van der Waals surface area contributed by atoms with Crippen LogP contribution < -0.4 is 10.1 Å². The van der Waals surface area contributed by atoms with Crippen molar-refractivity contribution >= 4 is 11.8 Å². The maximum Gasteiger partial charge on any atom is 0.249 e. The van der Waals surface area contributed by atoms with Gasteiger partial charge in [-0.1, -0.05) is 43.3 Å². The summed E-state index contributed by atoms with van der Waals surface area (Å²) in [6, 6.07) is 15.0. The Hall–Kier alpha value is -2.86. The van der Waals surface area contributed by atoms with E-state index in [-0.39, 0.29) is 25.0 Å². The quantitative estimate of drug-likeness (QED) is 0.798. The molecule has 0 radical (unpaired) electrons. The van der Waals surface area contributed by atoms with E-state index >= 15 is 0 Å². The summed E-state index contributed by atoms with van der Waals surface area (Å²) in [5, 5.41) is 2.93. The van der Waals surface area contributed by atoms with Crippen molar-refractivity contribution in [3.05, 3.63) is 65.2 Å². The molecule has 148 valence electrons. The number of benzene rings is 2. The number of aryl methyl sites for hydroxylation is 1. The van der Waals surface area contributed by atoms with E-state index in [0.29, 0.717) is 13.1 Å². The topological polar surface area (TPSA) is 67.9 Å². The van der Waals surface area contributed by atoms with Gasteiger partial charge in [-0.3, -0.25) is 9.59 Å². The van der Waals surface area contributed by atoms with Crippen LogP contribution in [0.3, 0.4) is 0 Å². The lowest BCUT2D eigenvalue weighted by molar-refractivity contribution is -0.155. The van der Waals surface area contributed by atoms with Gasteiger partial charge in [0.05, 0.1) is 13.7 Å². The Kier molecular flexibility index (Phi) is 6.66. The van der Waals surface area contributed by atoms with Crippen LogP contribution in [0.5, 0.6) is 5.75 Å². The normalized spacial score (nSPS) is 16.7. The molecule has 1 aliphatic rings. The van der Waals surface area contributed by atoms with E-state index in [1.807, 2.05) is 36.4 Å². The van der Waals surface area contributed by atoms with E-state index in [1.165, 1.54) is 5.56 Å². The molecule has 0 unspecified atom stereocenters. The lowest BCUT2D eigenvalue weighted by atomic mass is 10.1. The molecule has 1 aliphatic heterocycles. The number of carbonyl (C=O) groups is 2. The first kappa shape index (κ1) is 19.9. The minimum atomic E-state index is -0.640. The number of nitrogens with zero attached hydrogens (tertiary/aromatic N) is 1. The third kappa shape index (κ3) is 4.89. The molecule has 6 nitrogen and oxygen atoms in total. The van der Waals surface area contributed by atoms with Crippen molar-refractivity contribution in [2.75, 3.05) is 20.3 Å². The predicted molar refractivity (Wildman–Crippen MR) is 106 cm³/mol. The largest absolute Gasteiger partial charge is 0.497 e. The summed E-state index contributed by atoms with van der Waals surface area (Å²) in [6.45, 7) is 3.08. The van der Waals surface area contributed by atoms with Gasteiger partial charge < -0.3 is 19.7 Å². The van der Waals surface area contributed by atoms with Gasteiger partial charge in [-0.15, -0.1) is 0 Å². The second-order valence-corrected chi connectivity index (χ2v) is 6.79. The molecule has 28 heavy (non-hydrogen) atoms. The van der Waals surface area contributed by atoms with Crippen LogP contribution >= 0.6 is 0 Å². The average Bonchev–Trinajstić information content (AvgIpc) is 2.74. The molecule has 0 bridgehead atoms. The van der Waals surface area contributed by atoms with Gasteiger partial charge in [0.1, 0.15) is 18.4 Å². The Morgan fingerprint density at radius 3 is 2.39 bits per heavy atom. The van der Waals surface area contributed by atoms with Gasteiger partial charge in [0.25, 0.3) is 0 Å². The molecule has 0 spiro atoms. The fraction of sp³-hybridized carbons (Fsp3) is 0.364. The van der Waals surface area contributed by atoms with Crippen molar-refractivity contribution < 1.29 is 19.1 Å². The first-order valence-corrected chi connectivity index (χ1v) is 9.46. The molecule has 1 fully saturated rings. The van der Waals surface area contributed by atoms with Crippen LogP contribution in [0.25, 0.3) is 0 Å². The smallest absolute Gasteiger partial charge is 0.249 e. The number of rotatable bonds is 7. The lowest BCUT2D eigenvalue weighted by Crippen LogP contribution is -2.55. The van der Waals surface area contributed by atoms with E-state index in [0.717, 1.165) is 23.3 Å². The highest BCUT2D eigenvalue weighted by Crippen LogP contribution is 2.17. The maximum absolute atomic E-state index is 12.7. The van der Waals surface area contributed by atoms with Gasteiger partial charge in [0, 0.05) is 13.1 Å². The zero-order valence-electron chi connectivity index (χ0n) is 16.3. The molecule has 1 atom stereocenters. The van der Waals surface area contributed by atoms with E-state index in [4.69, 9.17) is 9.47 Å². The second kappa shape index (κ2) is 9.37. The predicted octanol–water partition coefficient (Wildman–Crippen LogP) is 2.30. The number of methoxy groups -OCH3 is 1. The molecular weight excluding hydrogens is 356 g/mol. The van der Waals surface area contributed by atoms with Gasteiger partial charge in [0.2, 0.25) is 11.8 Å². The number of hydrogen-bond donors (Lipinski definition) is 1. The third-order valence-electron chi connectivity index (χ3n) is 4.91. The number of amides is 2. The molecule has 0 aliphatic carbocycles. The zero-order valence-corrected chi connectivity index (χ0v) is 16.3. The monoisotopic (exact) mass is 382 g/mol. The summed E-state index contributed by atoms with van der Waals surface area (Å²) >= 11 is 0. The summed E-state index contributed by atoms with van der Waals surface area (Å²) in [7, 11) is 1.61. The van der Waals surface area contributed by atoms with Crippen LogP contribution in [0.1, 0.15) is 23.6 Å². The molecule has 6 heteroatoms. The van der Waals surface area contributed by atoms with E-state index in [2.05, 4.69) is 24.4 Å². The summed E-state index contributed by atoms with van der Waals surface area (Å²) < 4.78 is 10.5. The highest BCUT2D eigenvalue weighted by atomic mass is 16.5. The minimum absolute atomic E-state index is 0.00157. The van der Waals surface area contributed by atoms with Crippen LogP contribution in [0.4, 0.5) is 0 Å². The summed E-state index contributed by atoms with van der Waals surface area (Å²) in [5.74, 6) is 0.357. The van der Waals surface area contributed by atoms with Crippen molar-refractivity contribution in [1.29, 1.82) is 0 Å². The Balaban J connectivity index is 1.64. The number of nitrogens with one attached hydrogen (secondary N) is 1. The molecule has 2 aromatic carbocycles. The number of hydrogen-bond acceptors (Lipinski definition) is 4. The van der Waals surface area contributed by atoms with Crippen molar-refractivity contribution in [2.24, 2.45) is 0 Å². The second-order valence-electron chi connectivity index (χ2n) is 6.79. The van der Waals surface area contributed by atoms with Crippen molar-refractivity contribution in [3.8, 4) is 5.75 Å². The summed E-state index contributed by atoms with van der Waals surface area (Å²) in [6.07, 6.45) is 0.981. The van der Waals surface area contributed by atoms with Crippen LogP contribution in [0.15, 0.2) is 48.5 Å². The Labute approximate surface area is 165 Å². The molecule has 0 aromatic heterocycles. The third-order valence-corrected chi connectivity index (χ3v) is 4.91. The Morgan fingerprint density at radius 2 is 1.75 bits per heavy atom. The average molecular weight is 382 g/mol. The number of carbonyl (C=O) groups excluding carboxylic acids is 2. The maximum atomic E-state index is 12.7. The molecule has 1 N–H and O–H groups in total. The molecule has 0 saturated carbocycles. The Bertz CT molecular complexity index is 802. The molecule has 1 heterocycles. The standard InChI is InChI=1S/C22H26N2O4/c1-3-16-4-6-17(7-5-16)12-23-22(26)20-14-28-15-21(25)24(20)13-18-8-10-19(27-2)11-9-18/h4-11,20H,3,12-15H2,1-2H3,(H,23,26)/t20-/m0/s1. The van der Waals surface area contributed by atoms with Crippen LogP contribution in [0.2, 0.25) is 0 Å². The SMILES string of the molecule is CCc1ccc(CNC(=O)[C@@H]2COCC(=O)N2Cc2ccc(OC)cc2)cc1. The van der Waals surface area contributed by atoms with Gasteiger partial charge in [-0.05, 0) is 35.2 Å². The van der Waals surface area contributed by atoms with Gasteiger partial charge in [-0.2, -0.15) is 0 Å². The molecule has 3 rings (SSSR count). The molecular formula is C22H26N2O4. The summed E-state index contributed by atoms with van der Waals surface area (Å²) in [5.41, 5.74) is 3.21. The van der Waals surface area contributed by atoms with Crippen molar-refractivity contribution in [1.82, 2.24) is 10.2 Å². The first-order valence-electron chi connectivity index (χ1n) is 9.46. The minimum Gasteiger partial charge on any atom is -0.497 e. The molecule has 1 saturated heterocycles. The number of ether oxygens (including phenoxy) is 2. The number of morpholine rings is 1. The van der Waals surface area contributed by atoms with Crippen LogP contribution in [-0.4, -0.2) is 43.1 Å². The molecule has 2 amide bonds. The van der Waals surface area contributed by atoms with Crippen molar-refractivity contribution in [3.63, 3.8) is 0 Å². The summed E-state index contributed by atoms with van der Waals surface area (Å²) in [4.78, 5) is 26.7. The van der Waals surface area contributed by atoms with Gasteiger partial charge in [0.15, 0.2) is 0 Å². The highest BCUT2D eigenvalue weighted by molar-refractivity contribution is 5.89.